The van der Waals surface area contributed by atoms with Gasteiger partial charge >= 0.3 is 12.1 Å². The van der Waals surface area contributed by atoms with Crippen molar-refractivity contribution in [2.75, 3.05) is 46.8 Å². The molecular weight excluding hydrogens is 242 g/mol. The van der Waals surface area contributed by atoms with E-state index in [9.17, 15) is 13.6 Å². The monoisotopic (exact) mass is 258 g/mol. The molecule has 0 saturated carbocycles. The van der Waals surface area contributed by atoms with E-state index in [1.54, 1.807) is 7.11 Å². The van der Waals surface area contributed by atoms with Gasteiger partial charge in [-0.05, 0) is 0 Å². The maximum absolute atomic E-state index is 12.3. The van der Waals surface area contributed by atoms with Gasteiger partial charge in [-0.3, -0.25) is 0 Å². The molecule has 0 aromatic carbocycles. The van der Waals surface area contributed by atoms with Crippen LogP contribution in [0.3, 0.4) is 0 Å². The van der Waals surface area contributed by atoms with Crippen molar-refractivity contribution in [3.63, 3.8) is 0 Å². The molecule has 0 aliphatic heterocycles. The normalized spacial score (nSPS) is 11.7. The van der Waals surface area contributed by atoms with Crippen LogP contribution in [0.1, 0.15) is 0 Å². The minimum atomic E-state index is -4.17. The average Bonchev–Trinajstić information content (AvgIpc) is 2.26. The van der Waals surface area contributed by atoms with Crippen molar-refractivity contribution in [2.24, 2.45) is 0 Å². The van der Waals surface area contributed by atoms with Crippen molar-refractivity contribution >= 4 is 5.97 Å². The fourth-order valence-corrected chi connectivity index (χ4v) is 0.755. The van der Waals surface area contributed by atoms with E-state index in [1.807, 2.05) is 0 Å². The van der Waals surface area contributed by atoms with Crippen molar-refractivity contribution in [1.29, 1.82) is 0 Å². The van der Waals surface area contributed by atoms with Crippen molar-refractivity contribution in [3.05, 3.63) is 0 Å². The zero-order valence-electron chi connectivity index (χ0n) is 9.49. The lowest BCUT2D eigenvalue weighted by Crippen LogP contribution is -2.32. The van der Waals surface area contributed by atoms with Crippen molar-refractivity contribution in [3.8, 4) is 0 Å². The third-order valence-corrected chi connectivity index (χ3v) is 1.56. The van der Waals surface area contributed by atoms with Gasteiger partial charge in [0.15, 0.2) is 0 Å². The van der Waals surface area contributed by atoms with E-state index in [0.717, 1.165) is 0 Å². The highest BCUT2D eigenvalue weighted by Gasteiger charge is 2.40. The summed E-state index contributed by atoms with van der Waals surface area (Å²) in [5.41, 5.74) is 0. The molecule has 0 heterocycles. The van der Waals surface area contributed by atoms with Crippen molar-refractivity contribution in [1.82, 2.24) is 0 Å². The smallest absolute Gasteiger partial charge is 0.456 e. The van der Waals surface area contributed by atoms with Crippen molar-refractivity contribution in [2.45, 2.75) is 6.11 Å². The molecule has 0 aromatic heterocycles. The van der Waals surface area contributed by atoms with Crippen LogP contribution in [0.15, 0.2) is 0 Å². The van der Waals surface area contributed by atoms with E-state index >= 15 is 0 Å². The summed E-state index contributed by atoms with van der Waals surface area (Å²) in [7, 11) is 1.54. The molecule has 0 radical (unpaired) electrons. The molecule has 0 rings (SSSR count). The topological polar surface area (TPSA) is 74.2 Å². The van der Waals surface area contributed by atoms with Crippen molar-refractivity contribution < 1.29 is 37.6 Å². The SMILES string of the molecule is COCCOCCOCCOC(F)(F)C(=O)O. The second-order valence-corrected chi connectivity index (χ2v) is 2.89. The zero-order chi connectivity index (χ0) is 13.1. The van der Waals surface area contributed by atoms with Crippen LogP contribution in [0, 0.1) is 0 Å². The van der Waals surface area contributed by atoms with Gasteiger partial charge < -0.3 is 24.1 Å². The molecular formula is C9H16F2O6. The number of carboxylic acid groups (broad SMARTS) is 1. The molecule has 0 spiro atoms. The summed E-state index contributed by atoms with van der Waals surface area (Å²) in [6.45, 7) is 0.777. The average molecular weight is 258 g/mol. The number of methoxy groups -OCH3 is 1. The van der Waals surface area contributed by atoms with Crippen LogP contribution in [0.4, 0.5) is 8.78 Å². The number of halogens is 2. The fraction of sp³-hybridized carbons (Fsp3) is 0.889. The van der Waals surface area contributed by atoms with E-state index in [0.29, 0.717) is 19.8 Å². The highest BCUT2D eigenvalue weighted by molar-refractivity contribution is 5.73. The van der Waals surface area contributed by atoms with Gasteiger partial charge in [0, 0.05) is 7.11 Å². The van der Waals surface area contributed by atoms with E-state index in [-0.39, 0.29) is 13.2 Å². The molecule has 0 atom stereocenters. The lowest BCUT2D eigenvalue weighted by Gasteiger charge is -2.11. The van der Waals surface area contributed by atoms with Crippen LogP contribution >= 0.6 is 0 Å². The van der Waals surface area contributed by atoms with Crippen LogP contribution in [0.25, 0.3) is 0 Å². The molecule has 17 heavy (non-hydrogen) atoms. The Morgan fingerprint density at radius 3 is 2.00 bits per heavy atom. The van der Waals surface area contributed by atoms with Crippen LogP contribution in [-0.4, -0.2) is 63.9 Å². The molecule has 0 aliphatic carbocycles. The second kappa shape index (κ2) is 9.23. The predicted octanol–water partition coefficient (Wildman–Crippen LogP) is 0.360. The number of alkyl halides is 2. The third-order valence-electron chi connectivity index (χ3n) is 1.56. The van der Waals surface area contributed by atoms with E-state index in [4.69, 9.17) is 19.3 Å². The van der Waals surface area contributed by atoms with Gasteiger partial charge in [-0.25, -0.2) is 4.79 Å². The lowest BCUT2D eigenvalue weighted by atomic mass is 10.6. The van der Waals surface area contributed by atoms with Gasteiger partial charge in [0.05, 0.1) is 39.6 Å². The molecule has 0 aliphatic rings. The summed E-state index contributed by atoms with van der Waals surface area (Å²) in [4.78, 5) is 9.94. The number of hydrogen-bond donors (Lipinski definition) is 1. The van der Waals surface area contributed by atoms with E-state index < -0.39 is 18.7 Å². The molecule has 0 aromatic rings. The van der Waals surface area contributed by atoms with E-state index in [2.05, 4.69) is 4.74 Å². The lowest BCUT2D eigenvalue weighted by molar-refractivity contribution is -0.248. The van der Waals surface area contributed by atoms with Crippen LogP contribution in [-0.2, 0) is 23.7 Å². The summed E-state index contributed by atoms with van der Waals surface area (Å²) in [6, 6.07) is 0. The number of ether oxygens (including phenoxy) is 4. The quantitative estimate of drug-likeness (QED) is 0.539. The van der Waals surface area contributed by atoms with Crippen LogP contribution in [0.5, 0.6) is 0 Å². The van der Waals surface area contributed by atoms with Crippen LogP contribution in [0.2, 0.25) is 0 Å². The Hall–Kier alpha value is -0.830. The van der Waals surface area contributed by atoms with E-state index in [1.165, 1.54) is 0 Å². The summed E-state index contributed by atoms with van der Waals surface area (Å²) in [5, 5.41) is 8.02. The van der Waals surface area contributed by atoms with Gasteiger partial charge in [0.2, 0.25) is 0 Å². The largest absolute Gasteiger partial charge is 0.475 e. The molecule has 0 saturated heterocycles. The Bertz CT molecular complexity index is 212. The Balaban J connectivity index is 3.27. The van der Waals surface area contributed by atoms with Gasteiger partial charge in [0.1, 0.15) is 0 Å². The predicted molar refractivity (Wildman–Crippen MR) is 52.0 cm³/mol. The number of carbonyl (C=O) groups is 1. The summed E-state index contributed by atoms with van der Waals surface area (Å²) >= 11 is 0. The van der Waals surface area contributed by atoms with Gasteiger partial charge in [-0.1, -0.05) is 0 Å². The first kappa shape index (κ1) is 16.2. The molecule has 8 heteroatoms. The standard InChI is InChI=1S/C9H16F2O6/c1-14-2-3-15-4-5-16-6-7-17-9(10,11)8(12)13/h2-7H2,1H3,(H,12,13). The van der Waals surface area contributed by atoms with Gasteiger partial charge in [0.25, 0.3) is 0 Å². The van der Waals surface area contributed by atoms with Crippen LogP contribution < -0.4 is 0 Å². The Kier molecular flexibility index (Phi) is 8.78. The molecule has 1 N–H and O–H groups in total. The second-order valence-electron chi connectivity index (χ2n) is 2.89. The molecule has 0 fully saturated rings. The number of rotatable bonds is 11. The first-order chi connectivity index (χ1) is 8.00. The maximum Gasteiger partial charge on any atom is 0.456 e. The molecule has 102 valence electrons. The minimum Gasteiger partial charge on any atom is -0.475 e. The summed E-state index contributed by atoms with van der Waals surface area (Å²) in [6.07, 6.45) is -4.17. The summed E-state index contributed by atoms with van der Waals surface area (Å²) in [5.74, 6) is -2.32. The molecule has 0 amide bonds. The highest BCUT2D eigenvalue weighted by Crippen LogP contribution is 2.14. The molecule has 0 bridgehead atoms. The Morgan fingerprint density at radius 1 is 1.06 bits per heavy atom. The summed E-state index contributed by atoms with van der Waals surface area (Å²) < 4.78 is 43.1. The third kappa shape index (κ3) is 8.93. The number of aliphatic carboxylic acids is 1. The number of carboxylic acids is 1. The Morgan fingerprint density at radius 2 is 1.53 bits per heavy atom. The maximum atomic E-state index is 12.3. The molecule has 6 nitrogen and oxygen atoms in total. The Labute approximate surface area is 97.4 Å². The first-order valence-corrected chi connectivity index (χ1v) is 4.90. The minimum absolute atomic E-state index is 0.128. The fourth-order valence-electron chi connectivity index (χ4n) is 0.755. The molecule has 0 unspecified atom stereocenters. The zero-order valence-corrected chi connectivity index (χ0v) is 9.49. The van der Waals surface area contributed by atoms with Gasteiger partial charge in [-0.2, -0.15) is 8.78 Å². The number of hydrogen-bond acceptors (Lipinski definition) is 5. The highest BCUT2D eigenvalue weighted by atomic mass is 19.3. The first-order valence-electron chi connectivity index (χ1n) is 4.90. The van der Waals surface area contributed by atoms with Gasteiger partial charge in [-0.15, -0.1) is 0 Å².